The van der Waals surface area contributed by atoms with Gasteiger partial charge in [0.15, 0.2) is 0 Å². The predicted octanol–water partition coefficient (Wildman–Crippen LogP) is 3.12. The molecule has 2 amide bonds. The molecular formula is C21H26N4O2. The van der Waals surface area contributed by atoms with Gasteiger partial charge in [-0.25, -0.2) is 0 Å². The fraction of sp³-hybridized carbons (Fsp3) is 0.476. The number of carbonyl (C=O) groups excluding carboxylic acids is 2. The molecule has 0 bridgehead atoms. The van der Waals surface area contributed by atoms with Crippen LogP contribution in [0.25, 0.3) is 0 Å². The van der Waals surface area contributed by atoms with Gasteiger partial charge in [0.25, 0.3) is 5.91 Å². The second kappa shape index (κ2) is 6.51. The Balaban J connectivity index is 1.76. The quantitative estimate of drug-likeness (QED) is 0.904. The number of carbonyl (C=O) groups is 2. The van der Waals surface area contributed by atoms with E-state index in [-0.39, 0.29) is 17.9 Å². The first kappa shape index (κ1) is 17.8. The number of amides is 2. The van der Waals surface area contributed by atoms with Gasteiger partial charge >= 0.3 is 0 Å². The predicted molar refractivity (Wildman–Crippen MR) is 104 cm³/mol. The van der Waals surface area contributed by atoms with E-state index in [1.54, 1.807) is 4.68 Å². The Hall–Kier alpha value is -2.63. The third-order valence-corrected chi connectivity index (χ3v) is 6.00. The third kappa shape index (κ3) is 2.50. The molecule has 3 heterocycles. The molecule has 0 unspecified atom stereocenters. The zero-order chi connectivity index (χ0) is 19.2. The summed E-state index contributed by atoms with van der Waals surface area (Å²) in [7, 11) is 0. The fourth-order valence-electron chi connectivity index (χ4n) is 4.83. The summed E-state index contributed by atoms with van der Waals surface area (Å²) in [6.07, 6.45) is 2.37. The van der Waals surface area contributed by atoms with Crippen LogP contribution in [0.3, 0.4) is 0 Å². The topological polar surface area (TPSA) is 67.2 Å². The highest BCUT2D eigenvalue weighted by Crippen LogP contribution is 2.49. The maximum atomic E-state index is 13.4. The number of aromatic nitrogens is 2. The number of para-hydroxylation sites is 1. The number of aryl methyl sites for hydroxylation is 2. The summed E-state index contributed by atoms with van der Waals surface area (Å²) in [6, 6.07) is 9.61. The molecule has 1 saturated heterocycles. The molecule has 4 rings (SSSR count). The summed E-state index contributed by atoms with van der Waals surface area (Å²) in [5.74, 6) is 0.00239. The average molecular weight is 366 g/mol. The summed E-state index contributed by atoms with van der Waals surface area (Å²) in [5, 5.41) is 7.47. The van der Waals surface area contributed by atoms with Gasteiger partial charge < -0.3 is 10.2 Å². The summed E-state index contributed by atoms with van der Waals surface area (Å²) < 4.78 is 1.76. The first-order valence-corrected chi connectivity index (χ1v) is 9.79. The zero-order valence-electron chi connectivity index (χ0n) is 16.2. The molecule has 2 aliphatic heterocycles. The van der Waals surface area contributed by atoms with E-state index in [2.05, 4.69) is 17.3 Å². The fourth-order valence-corrected chi connectivity index (χ4v) is 4.83. The van der Waals surface area contributed by atoms with Crippen LogP contribution in [0.1, 0.15) is 54.9 Å². The second-order valence-corrected chi connectivity index (χ2v) is 7.51. The Morgan fingerprint density at radius 2 is 2.11 bits per heavy atom. The first-order valence-electron chi connectivity index (χ1n) is 9.79. The standard InChI is InChI=1S/C21H26N4O2/c1-4-8-18-21(15-9-6-7-10-16(15)22-20(21)27)11-12-24(18)19(26)17-13-14(3)23-25(17)5-2/h6-7,9-10,13,18H,4-5,8,11-12H2,1-3H3,(H,22,27)/t18-,21+/m0/s1. The van der Waals surface area contributed by atoms with E-state index in [1.165, 1.54) is 0 Å². The molecule has 0 aliphatic carbocycles. The number of nitrogens with zero attached hydrogens (tertiary/aromatic N) is 3. The Morgan fingerprint density at radius 1 is 1.33 bits per heavy atom. The number of likely N-dealkylation sites (tertiary alicyclic amines) is 1. The van der Waals surface area contributed by atoms with Crippen molar-refractivity contribution in [2.75, 3.05) is 11.9 Å². The van der Waals surface area contributed by atoms with Gasteiger partial charge in [-0.15, -0.1) is 0 Å². The lowest BCUT2D eigenvalue weighted by Gasteiger charge is -2.34. The minimum Gasteiger partial charge on any atom is -0.333 e. The summed E-state index contributed by atoms with van der Waals surface area (Å²) >= 11 is 0. The highest BCUT2D eigenvalue weighted by molar-refractivity contribution is 6.08. The average Bonchev–Trinajstić information content (AvgIpc) is 3.31. The lowest BCUT2D eigenvalue weighted by molar-refractivity contribution is -0.121. The number of rotatable bonds is 4. The van der Waals surface area contributed by atoms with Crippen LogP contribution in [0.4, 0.5) is 5.69 Å². The van der Waals surface area contributed by atoms with E-state index in [1.807, 2.05) is 49.1 Å². The number of fused-ring (bicyclic) bond motifs is 2. The lowest BCUT2D eigenvalue weighted by atomic mass is 9.73. The highest BCUT2D eigenvalue weighted by atomic mass is 16.2. The molecular weight excluding hydrogens is 340 g/mol. The van der Waals surface area contributed by atoms with Crippen LogP contribution in [0.2, 0.25) is 0 Å². The first-order chi connectivity index (χ1) is 13.0. The van der Waals surface area contributed by atoms with Crippen LogP contribution in [0.15, 0.2) is 30.3 Å². The van der Waals surface area contributed by atoms with Gasteiger partial charge in [0, 0.05) is 18.8 Å². The van der Waals surface area contributed by atoms with Crippen LogP contribution >= 0.6 is 0 Å². The molecule has 0 saturated carbocycles. The molecule has 1 fully saturated rings. The minimum atomic E-state index is -0.644. The van der Waals surface area contributed by atoms with Crippen molar-refractivity contribution in [2.45, 2.75) is 58.0 Å². The van der Waals surface area contributed by atoms with Gasteiger partial charge in [-0.3, -0.25) is 14.3 Å². The van der Waals surface area contributed by atoms with E-state index in [4.69, 9.17) is 0 Å². The molecule has 2 aromatic rings. The molecule has 6 nitrogen and oxygen atoms in total. The van der Waals surface area contributed by atoms with Gasteiger partial charge in [0.05, 0.1) is 17.2 Å². The third-order valence-electron chi connectivity index (χ3n) is 6.00. The number of benzene rings is 1. The van der Waals surface area contributed by atoms with E-state index in [0.29, 0.717) is 25.2 Å². The molecule has 6 heteroatoms. The zero-order valence-corrected chi connectivity index (χ0v) is 16.2. The maximum Gasteiger partial charge on any atom is 0.272 e. The summed E-state index contributed by atoms with van der Waals surface area (Å²) in [6.45, 7) is 7.22. The lowest BCUT2D eigenvalue weighted by Crippen LogP contribution is -2.49. The van der Waals surface area contributed by atoms with Crippen molar-refractivity contribution >= 4 is 17.5 Å². The molecule has 1 N–H and O–H groups in total. The number of anilines is 1. The second-order valence-electron chi connectivity index (χ2n) is 7.51. The minimum absolute atomic E-state index is 0.0232. The molecule has 142 valence electrons. The smallest absolute Gasteiger partial charge is 0.272 e. The molecule has 1 aromatic carbocycles. The monoisotopic (exact) mass is 366 g/mol. The van der Waals surface area contributed by atoms with Crippen LogP contribution in [0, 0.1) is 6.92 Å². The highest BCUT2D eigenvalue weighted by Gasteiger charge is 2.58. The molecule has 1 aromatic heterocycles. The van der Waals surface area contributed by atoms with Gasteiger partial charge in [-0.05, 0) is 44.4 Å². The van der Waals surface area contributed by atoms with Crippen molar-refractivity contribution in [3.63, 3.8) is 0 Å². The van der Waals surface area contributed by atoms with Gasteiger partial charge in [-0.2, -0.15) is 5.10 Å². The molecule has 2 atom stereocenters. The van der Waals surface area contributed by atoms with Crippen molar-refractivity contribution in [3.8, 4) is 0 Å². The molecule has 27 heavy (non-hydrogen) atoms. The van der Waals surface area contributed by atoms with Crippen LogP contribution in [0.5, 0.6) is 0 Å². The van der Waals surface area contributed by atoms with E-state index in [9.17, 15) is 9.59 Å². The maximum absolute atomic E-state index is 13.4. The Morgan fingerprint density at radius 3 is 2.85 bits per heavy atom. The van der Waals surface area contributed by atoms with Gasteiger partial charge in [-0.1, -0.05) is 31.5 Å². The van der Waals surface area contributed by atoms with Crippen LogP contribution in [-0.2, 0) is 16.8 Å². The largest absolute Gasteiger partial charge is 0.333 e. The van der Waals surface area contributed by atoms with Crippen molar-refractivity contribution in [2.24, 2.45) is 0 Å². The Kier molecular flexibility index (Phi) is 4.29. The van der Waals surface area contributed by atoms with E-state index in [0.717, 1.165) is 29.8 Å². The van der Waals surface area contributed by atoms with Crippen molar-refractivity contribution in [1.82, 2.24) is 14.7 Å². The van der Waals surface area contributed by atoms with Gasteiger partial charge in [0.2, 0.25) is 5.91 Å². The SMILES string of the molecule is CCC[C@@H]1N(C(=O)c2cc(C)nn2CC)CC[C@]12C(=O)Nc1ccccc12. The van der Waals surface area contributed by atoms with Crippen molar-refractivity contribution in [1.29, 1.82) is 0 Å². The van der Waals surface area contributed by atoms with Crippen LogP contribution in [-0.4, -0.2) is 39.1 Å². The summed E-state index contributed by atoms with van der Waals surface area (Å²) in [4.78, 5) is 28.4. The van der Waals surface area contributed by atoms with E-state index < -0.39 is 5.41 Å². The van der Waals surface area contributed by atoms with E-state index >= 15 is 0 Å². The Labute approximate surface area is 159 Å². The Bertz CT molecular complexity index is 903. The van der Waals surface area contributed by atoms with Crippen LogP contribution < -0.4 is 5.32 Å². The molecule has 2 aliphatic rings. The number of nitrogens with one attached hydrogen (secondary N) is 1. The normalized spacial score (nSPS) is 23.7. The number of hydrogen-bond acceptors (Lipinski definition) is 3. The summed E-state index contributed by atoms with van der Waals surface area (Å²) in [5.41, 5.74) is 2.72. The van der Waals surface area contributed by atoms with Crippen molar-refractivity contribution < 1.29 is 9.59 Å². The van der Waals surface area contributed by atoms with Crippen molar-refractivity contribution in [3.05, 3.63) is 47.3 Å². The molecule has 0 radical (unpaired) electrons. The van der Waals surface area contributed by atoms with Gasteiger partial charge in [0.1, 0.15) is 5.69 Å². The number of hydrogen-bond donors (Lipinski definition) is 1. The molecule has 1 spiro atoms.